The first-order chi connectivity index (χ1) is 3.81. The van der Waals surface area contributed by atoms with Gasteiger partial charge < -0.3 is 0 Å². The summed E-state index contributed by atoms with van der Waals surface area (Å²) in [6.45, 7) is 4.26. The number of allylic oxidation sites excluding steroid dienone is 2. The average Bonchev–Trinajstić information content (AvgIpc) is 1.68. The Labute approximate surface area is 57.4 Å². The van der Waals surface area contributed by atoms with Crippen molar-refractivity contribution in [3.8, 4) is 0 Å². The van der Waals surface area contributed by atoms with Gasteiger partial charge in [-0.05, 0) is 25.0 Å². The van der Waals surface area contributed by atoms with E-state index >= 15 is 0 Å². The Morgan fingerprint density at radius 1 is 1.62 bits per heavy atom. The first-order valence-corrected chi connectivity index (χ1v) is 3.68. The van der Waals surface area contributed by atoms with Gasteiger partial charge in [0, 0.05) is 0 Å². The highest BCUT2D eigenvalue weighted by atomic mass is 32.1. The van der Waals surface area contributed by atoms with Gasteiger partial charge in [-0.25, -0.2) is 0 Å². The fourth-order valence-corrected chi connectivity index (χ4v) is 1.04. The molecule has 1 heteroatoms. The lowest BCUT2D eigenvalue weighted by atomic mass is 10.1. The Hall–Kier alpha value is 0.0900. The highest BCUT2D eigenvalue weighted by molar-refractivity contribution is 7.80. The maximum absolute atomic E-state index is 4.12. The van der Waals surface area contributed by atoms with Crippen LogP contribution >= 0.6 is 12.6 Å². The van der Waals surface area contributed by atoms with Crippen LogP contribution in [-0.2, 0) is 0 Å². The third-order valence-corrected chi connectivity index (χ3v) is 1.36. The number of rotatable bonds is 3. The van der Waals surface area contributed by atoms with E-state index in [1.807, 2.05) is 0 Å². The lowest BCUT2D eigenvalue weighted by Gasteiger charge is -1.99. The summed E-state index contributed by atoms with van der Waals surface area (Å²) in [5.74, 6) is 1.70. The molecule has 0 fully saturated rings. The van der Waals surface area contributed by atoms with Gasteiger partial charge in [0.05, 0.1) is 0 Å². The van der Waals surface area contributed by atoms with Gasteiger partial charge in [-0.1, -0.05) is 19.1 Å². The third-order valence-electron chi connectivity index (χ3n) is 1.11. The second-order valence-electron chi connectivity index (χ2n) is 2.02. The van der Waals surface area contributed by atoms with Gasteiger partial charge >= 0.3 is 0 Å². The number of hydrogen-bond donors (Lipinski definition) is 1. The molecule has 0 aromatic rings. The lowest BCUT2D eigenvalue weighted by Crippen LogP contribution is -1.88. The molecule has 1 atom stereocenters. The minimum absolute atomic E-state index is 0.706. The zero-order valence-electron chi connectivity index (χ0n) is 5.59. The van der Waals surface area contributed by atoms with Crippen LogP contribution in [0.3, 0.4) is 0 Å². The Balaban J connectivity index is 3.17. The predicted molar refractivity (Wildman–Crippen MR) is 42.4 cm³/mol. The smallest absolute Gasteiger partial charge is 0.00924 e. The van der Waals surface area contributed by atoms with Crippen LogP contribution in [0.25, 0.3) is 0 Å². The van der Waals surface area contributed by atoms with E-state index in [0.717, 1.165) is 5.75 Å². The van der Waals surface area contributed by atoms with Crippen LogP contribution in [0.2, 0.25) is 0 Å². The van der Waals surface area contributed by atoms with Gasteiger partial charge in [0.15, 0.2) is 0 Å². The summed E-state index contributed by atoms with van der Waals surface area (Å²) in [6, 6.07) is 0. The van der Waals surface area contributed by atoms with Crippen LogP contribution in [0.15, 0.2) is 12.2 Å². The minimum atomic E-state index is 0.706. The van der Waals surface area contributed by atoms with Gasteiger partial charge in [-0.2, -0.15) is 12.6 Å². The Morgan fingerprint density at radius 3 is 2.62 bits per heavy atom. The topological polar surface area (TPSA) is 0 Å². The molecule has 0 N–H and O–H groups in total. The van der Waals surface area contributed by atoms with Gasteiger partial charge in [0.2, 0.25) is 0 Å². The summed E-state index contributed by atoms with van der Waals surface area (Å²) in [6.07, 6.45) is 5.48. The second-order valence-corrected chi connectivity index (χ2v) is 2.46. The van der Waals surface area contributed by atoms with E-state index in [0.29, 0.717) is 5.92 Å². The fraction of sp³-hybridized carbons (Fsp3) is 0.714. The van der Waals surface area contributed by atoms with Crippen LogP contribution in [0.5, 0.6) is 0 Å². The van der Waals surface area contributed by atoms with Crippen molar-refractivity contribution in [2.45, 2.75) is 20.3 Å². The van der Waals surface area contributed by atoms with Crippen LogP contribution in [-0.4, -0.2) is 5.75 Å². The van der Waals surface area contributed by atoms with E-state index in [2.05, 4.69) is 38.6 Å². The van der Waals surface area contributed by atoms with E-state index < -0.39 is 0 Å². The first kappa shape index (κ1) is 8.09. The highest BCUT2D eigenvalue weighted by Crippen LogP contribution is 2.03. The normalized spacial score (nSPS) is 14.9. The molecule has 0 heterocycles. The first-order valence-electron chi connectivity index (χ1n) is 3.05. The Bertz CT molecular complexity index is 66.8. The van der Waals surface area contributed by atoms with Gasteiger partial charge in [-0.3, -0.25) is 0 Å². The summed E-state index contributed by atoms with van der Waals surface area (Å²) in [7, 11) is 0. The molecule has 0 radical (unpaired) electrons. The maximum atomic E-state index is 4.12. The van der Waals surface area contributed by atoms with E-state index in [4.69, 9.17) is 0 Å². The second kappa shape index (κ2) is 5.23. The predicted octanol–water partition coefficient (Wildman–Crippen LogP) is 2.52. The maximum Gasteiger partial charge on any atom is -0.00924 e. The molecular weight excluding hydrogens is 116 g/mol. The molecule has 0 aromatic heterocycles. The summed E-state index contributed by atoms with van der Waals surface area (Å²) < 4.78 is 0. The average molecular weight is 130 g/mol. The molecule has 0 aliphatic carbocycles. The van der Waals surface area contributed by atoms with Crippen LogP contribution in [0.4, 0.5) is 0 Å². The molecule has 0 bridgehead atoms. The molecule has 48 valence electrons. The van der Waals surface area contributed by atoms with Crippen LogP contribution in [0.1, 0.15) is 20.3 Å². The molecule has 0 aromatic carbocycles. The summed E-state index contributed by atoms with van der Waals surface area (Å²) in [5.41, 5.74) is 0. The van der Waals surface area contributed by atoms with Crippen molar-refractivity contribution in [3.05, 3.63) is 12.2 Å². The van der Waals surface area contributed by atoms with Crippen LogP contribution in [0, 0.1) is 5.92 Å². The van der Waals surface area contributed by atoms with Gasteiger partial charge in [0.25, 0.3) is 0 Å². The van der Waals surface area contributed by atoms with Gasteiger partial charge in [0.1, 0.15) is 0 Å². The van der Waals surface area contributed by atoms with Crippen molar-refractivity contribution in [1.82, 2.24) is 0 Å². The fourth-order valence-electron chi connectivity index (χ4n) is 0.628. The molecule has 0 aliphatic heterocycles. The SMILES string of the molecule is C/C=C\C(C)CCS. The highest BCUT2D eigenvalue weighted by Gasteiger charge is 1.90. The molecule has 0 saturated carbocycles. The van der Waals surface area contributed by atoms with Gasteiger partial charge in [-0.15, -0.1) is 0 Å². The minimum Gasteiger partial charge on any atom is -0.179 e. The quantitative estimate of drug-likeness (QED) is 0.440. The molecular formula is C7H14S. The molecule has 0 aliphatic rings. The van der Waals surface area contributed by atoms with Crippen molar-refractivity contribution < 1.29 is 0 Å². The zero-order chi connectivity index (χ0) is 6.41. The van der Waals surface area contributed by atoms with E-state index in [-0.39, 0.29) is 0 Å². The van der Waals surface area contributed by atoms with Crippen molar-refractivity contribution in [3.63, 3.8) is 0 Å². The molecule has 0 amide bonds. The summed E-state index contributed by atoms with van der Waals surface area (Å²) in [5, 5.41) is 0. The molecule has 0 nitrogen and oxygen atoms in total. The monoisotopic (exact) mass is 130 g/mol. The summed E-state index contributed by atoms with van der Waals surface area (Å²) in [4.78, 5) is 0. The molecule has 0 spiro atoms. The van der Waals surface area contributed by atoms with Crippen molar-refractivity contribution in [2.75, 3.05) is 5.75 Å². The molecule has 8 heavy (non-hydrogen) atoms. The largest absolute Gasteiger partial charge is 0.179 e. The van der Waals surface area contributed by atoms with Crippen molar-refractivity contribution in [1.29, 1.82) is 0 Å². The molecule has 1 unspecified atom stereocenters. The van der Waals surface area contributed by atoms with E-state index in [9.17, 15) is 0 Å². The van der Waals surface area contributed by atoms with E-state index in [1.54, 1.807) is 0 Å². The lowest BCUT2D eigenvalue weighted by molar-refractivity contribution is 0.706. The zero-order valence-corrected chi connectivity index (χ0v) is 6.49. The molecule has 0 saturated heterocycles. The Morgan fingerprint density at radius 2 is 2.25 bits per heavy atom. The third kappa shape index (κ3) is 4.25. The Kier molecular flexibility index (Phi) is 5.29. The number of thiol groups is 1. The standard InChI is InChI=1S/C7H14S/c1-3-4-7(2)5-6-8/h3-4,7-8H,5-6H2,1-2H3/b4-3-. The van der Waals surface area contributed by atoms with Crippen LogP contribution < -0.4 is 0 Å². The molecule has 0 rings (SSSR count). The number of hydrogen-bond acceptors (Lipinski definition) is 1. The van der Waals surface area contributed by atoms with E-state index in [1.165, 1.54) is 6.42 Å². The summed E-state index contributed by atoms with van der Waals surface area (Å²) >= 11 is 4.12. The van der Waals surface area contributed by atoms with Crippen molar-refractivity contribution >= 4 is 12.6 Å². The van der Waals surface area contributed by atoms with Crippen molar-refractivity contribution in [2.24, 2.45) is 5.92 Å².